The molecule has 0 bridgehead atoms. The third kappa shape index (κ3) is 5.22. The van der Waals surface area contributed by atoms with Crippen LogP contribution in [0.4, 0.5) is 5.82 Å². The summed E-state index contributed by atoms with van der Waals surface area (Å²) in [5, 5.41) is 0.520. The first-order chi connectivity index (χ1) is 15.1. The summed E-state index contributed by atoms with van der Waals surface area (Å²) < 4.78 is 5.82. The lowest BCUT2D eigenvalue weighted by Gasteiger charge is -2.40. The third-order valence-electron chi connectivity index (χ3n) is 5.13. The van der Waals surface area contributed by atoms with Gasteiger partial charge in [-0.05, 0) is 30.7 Å². The Morgan fingerprint density at radius 2 is 1.87 bits per heavy atom. The van der Waals surface area contributed by atoms with Gasteiger partial charge in [-0.1, -0.05) is 54.1 Å². The van der Waals surface area contributed by atoms with Gasteiger partial charge in [0.25, 0.3) is 0 Å². The molecule has 0 N–H and O–H groups in total. The van der Waals surface area contributed by atoms with Crippen molar-refractivity contribution in [2.24, 2.45) is 0 Å². The molecule has 0 spiro atoms. The van der Waals surface area contributed by atoms with Gasteiger partial charge in [-0.2, -0.15) is 0 Å². The van der Waals surface area contributed by atoms with Crippen molar-refractivity contribution >= 4 is 29.4 Å². The van der Waals surface area contributed by atoms with E-state index in [1.807, 2.05) is 60.4 Å². The molecule has 3 aromatic rings. The summed E-state index contributed by atoms with van der Waals surface area (Å²) in [5.74, 6) is 1.75. The Morgan fingerprint density at radius 3 is 2.65 bits per heavy atom. The first kappa shape index (κ1) is 20.9. The first-order valence-corrected chi connectivity index (χ1v) is 10.5. The standard InChI is InChI=1S/C24H23ClN4O2/c1-18-16-28(13-14-29(18)24(30)12-11-19-7-3-2-4-8-19)22-15-23(27-17-26-22)31-21-10-6-5-9-20(21)25/h2-12,15,17-18H,13-14,16H2,1H3/b12-11+/t18-/m1/s1. The van der Waals surface area contributed by atoms with E-state index in [9.17, 15) is 4.79 Å². The molecule has 1 fully saturated rings. The van der Waals surface area contributed by atoms with Crippen LogP contribution in [0.5, 0.6) is 11.6 Å². The molecule has 1 aromatic heterocycles. The van der Waals surface area contributed by atoms with Crippen molar-refractivity contribution in [1.29, 1.82) is 0 Å². The molecule has 2 heterocycles. The number of nitrogens with zero attached hydrogens (tertiary/aromatic N) is 4. The number of piperazine rings is 1. The number of benzene rings is 2. The molecule has 1 atom stereocenters. The van der Waals surface area contributed by atoms with Gasteiger partial charge >= 0.3 is 0 Å². The van der Waals surface area contributed by atoms with Crippen molar-refractivity contribution in [3.8, 4) is 11.6 Å². The lowest BCUT2D eigenvalue weighted by Crippen LogP contribution is -2.54. The maximum absolute atomic E-state index is 12.7. The number of ether oxygens (including phenoxy) is 1. The van der Waals surface area contributed by atoms with E-state index >= 15 is 0 Å². The van der Waals surface area contributed by atoms with Gasteiger partial charge in [0.2, 0.25) is 11.8 Å². The highest BCUT2D eigenvalue weighted by molar-refractivity contribution is 6.32. The summed E-state index contributed by atoms with van der Waals surface area (Å²) in [5.41, 5.74) is 1.01. The second kappa shape index (κ2) is 9.62. The predicted octanol–water partition coefficient (Wildman–Crippen LogP) is 4.67. The number of aromatic nitrogens is 2. The van der Waals surface area contributed by atoms with Crippen LogP contribution >= 0.6 is 11.6 Å². The number of rotatable bonds is 5. The molecule has 31 heavy (non-hydrogen) atoms. The third-order valence-corrected chi connectivity index (χ3v) is 5.44. The minimum atomic E-state index is 0.0152. The molecule has 4 rings (SSSR count). The molecule has 2 aromatic carbocycles. The molecule has 0 aliphatic carbocycles. The van der Waals surface area contributed by atoms with Gasteiger partial charge < -0.3 is 14.5 Å². The van der Waals surface area contributed by atoms with E-state index in [0.717, 1.165) is 11.4 Å². The number of para-hydroxylation sites is 1. The van der Waals surface area contributed by atoms with E-state index in [0.29, 0.717) is 36.3 Å². The summed E-state index contributed by atoms with van der Waals surface area (Å²) in [6, 6.07) is 18.9. The molecule has 1 amide bonds. The second-order valence-corrected chi connectivity index (χ2v) is 7.72. The van der Waals surface area contributed by atoms with E-state index < -0.39 is 0 Å². The van der Waals surface area contributed by atoms with Crippen LogP contribution in [0.25, 0.3) is 6.08 Å². The molecular weight excluding hydrogens is 412 g/mol. The van der Waals surface area contributed by atoms with Crippen LogP contribution in [-0.2, 0) is 4.79 Å². The summed E-state index contributed by atoms with van der Waals surface area (Å²) in [4.78, 5) is 25.3. The van der Waals surface area contributed by atoms with Crippen molar-refractivity contribution in [2.75, 3.05) is 24.5 Å². The Balaban J connectivity index is 1.40. The van der Waals surface area contributed by atoms with Crippen LogP contribution in [0.3, 0.4) is 0 Å². The molecule has 0 saturated carbocycles. The number of anilines is 1. The Hall–Kier alpha value is -3.38. The van der Waals surface area contributed by atoms with E-state index in [2.05, 4.69) is 14.9 Å². The van der Waals surface area contributed by atoms with E-state index in [-0.39, 0.29) is 11.9 Å². The highest BCUT2D eigenvalue weighted by atomic mass is 35.5. The second-order valence-electron chi connectivity index (χ2n) is 7.32. The fraction of sp³-hybridized carbons (Fsp3) is 0.208. The molecule has 1 aliphatic heterocycles. The highest BCUT2D eigenvalue weighted by Gasteiger charge is 2.27. The molecule has 0 radical (unpaired) electrons. The van der Waals surface area contributed by atoms with Crippen molar-refractivity contribution < 1.29 is 9.53 Å². The number of hydrogen-bond acceptors (Lipinski definition) is 5. The zero-order valence-electron chi connectivity index (χ0n) is 17.2. The Bertz CT molecular complexity index is 1070. The van der Waals surface area contributed by atoms with Gasteiger partial charge in [0.15, 0.2) is 0 Å². The van der Waals surface area contributed by atoms with Crippen LogP contribution in [0, 0.1) is 0 Å². The molecule has 6 nitrogen and oxygen atoms in total. The minimum absolute atomic E-state index is 0.0152. The average Bonchev–Trinajstić information content (AvgIpc) is 2.80. The topological polar surface area (TPSA) is 58.6 Å². The van der Waals surface area contributed by atoms with Gasteiger partial charge in [-0.25, -0.2) is 9.97 Å². The average molecular weight is 435 g/mol. The predicted molar refractivity (Wildman–Crippen MR) is 122 cm³/mol. The van der Waals surface area contributed by atoms with Gasteiger partial charge in [0, 0.05) is 37.8 Å². The lowest BCUT2D eigenvalue weighted by molar-refractivity contribution is -0.128. The quantitative estimate of drug-likeness (QED) is 0.546. The molecule has 1 saturated heterocycles. The monoisotopic (exact) mass is 434 g/mol. The van der Waals surface area contributed by atoms with E-state index in [4.69, 9.17) is 16.3 Å². The van der Waals surface area contributed by atoms with Crippen molar-refractivity contribution in [3.05, 3.63) is 83.7 Å². The summed E-state index contributed by atoms with van der Waals surface area (Å²) in [6.07, 6.45) is 4.97. The summed E-state index contributed by atoms with van der Waals surface area (Å²) in [7, 11) is 0. The largest absolute Gasteiger partial charge is 0.437 e. The molecule has 7 heteroatoms. The van der Waals surface area contributed by atoms with Crippen LogP contribution in [-0.4, -0.2) is 46.5 Å². The van der Waals surface area contributed by atoms with Crippen LogP contribution in [0.1, 0.15) is 12.5 Å². The molecular formula is C24H23ClN4O2. The van der Waals surface area contributed by atoms with Gasteiger partial charge in [-0.3, -0.25) is 4.79 Å². The SMILES string of the molecule is C[C@@H]1CN(c2cc(Oc3ccccc3Cl)ncn2)CCN1C(=O)/C=C/c1ccccc1. The maximum Gasteiger partial charge on any atom is 0.246 e. The highest BCUT2D eigenvalue weighted by Crippen LogP contribution is 2.29. The van der Waals surface area contributed by atoms with E-state index in [1.165, 1.54) is 6.33 Å². The Labute approximate surface area is 186 Å². The van der Waals surface area contributed by atoms with Crippen molar-refractivity contribution in [3.63, 3.8) is 0 Å². The van der Waals surface area contributed by atoms with E-state index in [1.54, 1.807) is 24.3 Å². The number of halogens is 1. The van der Waals surface area contributed by atoms with Crippen molar-refractivity contribution in [2.45, 2.75) is 13.0 Å². The van der Waals surface area contributed by atoms with Crippen LogP contribution in [0.2, 0.25) is 5.02 Å². The number of carbonyl (C=O) groups excluding carboxylic acids is 1. The van der Waals surface area contributed by atoms with Gasteiger partial charge in [-0.15, -0.1) is 0 Å². The fourth-order valence-corrected chi connectivity index (χ4v) is 3.69. The normalized spacial score (nSPS) is 16.5. The number of hydrogen-bond donors (Lipinski definition) is 0. The smallest absolute Gasteiger partial charge is 0.246 e. The summed E-state index contributed by atoms with van der Waals surface area (Å²) >= 11 is 6.17. The summed E-state index contributed by atoms with van der Waals surface area (Å²) in [6.45, 7) is 4.01. The minimum Gasteiger partial charge on any atom is -0.437 e. The lowest BCUT2D eigenvalue weighted by atomic mass is 10.1. The number of carbonyl (C=O) groups is 1. The zero-order chi connectivity index (χ0) is 21.6. The number of amides is 1. The molecule has 158 valence electrons. The maximum atomic E-state index is 12.7. The Kier molecular flexibility index (Phi) is 6.48. The van der Waals surface area contributed by atoms with Gasteiger partial charge in [0.05, 0.1) is 5.02 Å². The van der Waals surface area contributed by atoms with Crippen LogP contribution in [0.15, 0.2) is 73.1 Å². The molecule has 0 unspecified atom stereocenters. The molecule has 1 aliphatic rings. The van der Waals surface area contributed by atoms with Gasteiger partial charge in [0.1, 0.15) is 17.9 Å². The Morgan fingerprint density at radius 1 is 1.10 bits per heavy atom. The fourth-order valence-electron chi connectivity index (χ4n) is 3.52. The first-order valence-electron chi connectivity index (χ1n) is 10.1. The van der Waals surface area contributed by atoms with Crippen molar-refractivity contribution in [1.82, 2.24) is 14.9 Å². The van der Waals surface area contributed by atoms with Crippen LogP contribution < -0.4 is 9.64 Å². The zero-order valence-corrected chi connectivity index (χ0v) is 17.9.